The zero-order valence-corrected chi connectivity index (χ0v) is 12.3. The van der Waals surface area contributed by atoms with Gasteiger partial charge in [-0.3, -0.25) is 0 Å². The van der Waals surface area contributed by atoms with Gasteiger partial charge in [0.25, 0.3) is 0 Å². The van der Waals surface area contributed by atoms with E-state index in [0.29, 0.717) is 0 Å². The maximum atomic E-state index is 4.33. The van der Waals surface area contributed by atoms with Gasteiger partial charge < -0.3 is 5.32 Å². The highest BCUT2D eigenvalue weighted by atomic mass is 32.1. The van der Waals surface area contributed by atoms with Crippen LogP contribution in [0.4, 0.5) is 11.5 Å². The highest BCUT2D eigenvalue weighted by Gasteiger charge is 2.04. The van der Waals surface area contributed by atoms with Crippen LogP contribution in [0.15, 0.2) is 60.2 Å². The number of fused-ring (bicyclic) bond motifs is 1. The standard InChI is InChI=1S/C16H11N5S/c1-2-4-14-13(3-1)16(18-10-17-14)19-12-7-5-11(6-8-12)15-9-22-21-20-15/h1-10H,(H,17,18,19). The topological polar surface area (TPSA) is 63.6 Å². The first-order valence-corrected chi connectivity index (χ1v) is 7.58. The Labute approximate surface area is 130 Å². The van der Waals surface area contributed by atoms with E-state index >= 15 is 0 Å². The maximum absolute atomic E-state index is 4.33. The van der Waals surface area contributed by atoms with Crippen molar-refractivity contribution in [1.29, 1.82) is 0 Å². The highest BCUT2D eigenvalue weighted by molar-refractivity contribution is 7.03. The lowest BCUT2D eigenvalue weighted by Crippen LogP contribution is -1.95. The Kier molecular flexibility index (Phi) is 3.21. The van der Waals surface area contributed by atoms with E-state index < -0.39 is 0 Å². The Hall–Kier alpha value is -2.86. The number of nitrogens with zero attached hydrogens (tertiary/aromatic N) is 4. The molecule has 0 fully saturated rings. The molecule has 0 atom stereocenters. The van der Waals surface area contributed by atoms with Crippen LogP contribution in [-0.2, 0) is 0 Å². The van der Waals surface area contributed by atoms with Crippen LogP contribution in [0.3, 0.4) is 0 Å². The number of para-hydroxylation sites is 1. The van der Waals surface area contributed by atoms with Gasteiger partial charge in [0.15, 0.2) is 0 Å². The molecule has 0 saturated heterocycles. The van der Waals surface area contributed by atoms with E-state index in [0.717, 1.165) is 33.7 Å². The van der Waals surface area contributed by atoms with Gasteiger partial charge in [0.2, 0.25) is 0 Å². The van der Waals surface area contributed by atoms with Gasteiger partial charge in [0.1, 0.15) is 17.8 Å². The van der Waals surface area contributed by atoms with Gasteiger partial charge in [-0.25, -0.2) is 9.97 Å². The van der Waals surface area contributed by atoms with E-state index in [1.54, 1.807) is 6.33 Å². The Bertz CT molecular complexity index is 898. The number of nitrogens with one attached hydrogen (secondary N) is 1. The lowest BCUT2D eigenvalue weighted by atomic mass is 10.1. The molecule has 1 N–H and O–H groups in total. The molecule has 4 aromatic rings. The number of hydrogen-bond donors (Lipinski definition) is 1. The number of benzene rings is 2. The Morgan fingerprint density at radius 1 is 0.909 bits per heavy atom. The van der Waals surface area contributed by atoms with Gasteiger partial charge in [-0.2, -0.15) is 0 Å². The van der Waals surface area contributed by atoms with E-state index in [1.807, 2.05) is 53.9 Å². The van der Waals surface area contributed by atoms with Crippen LogP contribution in [-0.4, -0.2) is 19.6 Å². The summed E-state index contributed by atoms with van der Waals surface area (Å²) in [6.45, 7) is 0. The minimum atomic E-state index is 0.800. The second kappa shape index (κ2) is 5.50. The molecule has 0 aliphatic carbocycles. The summed E-state index contributed by atoms with van der Waals surface area (Å²) in [5.41, 5.74) is 3.83. The first kappa shape index (κ1) is 12.8. The summed E-state index contributed by atoms with van der Waals surface area (Å²) in [6.07, 6.45) is 1.57. The molecule has 0 radical (unpaired) electrons. The van der Waals surface area contributed by atoms with Crippen molar-refractivity contribution in [2.24, 2.45) is 0 Å². The average Bonchev–Trinajstić information content (AvgIpc) is 3.10. The predicted octanol–water partition coefficient (Wildman–Crippen LogP) is 3.89. The number of hydrogen-bond acceptors (Lipinski definition) is 6. The average molecular weight is 305 g/mol. The highest BCUT2D eigenvalue weighted by Crippen LogP contribution is 2.25. The molecule has 106 valence electrons. The van der Waals surface area contributed by atoms with E-state index in [4.69, 9.17) is 0 Å². The van der Waals surface area contributed by atoms with Crippen LogP contribution in [0.5, 0.6) is 0 Å². The van der Waals surface area contributed by atoms with Crippen LogP contribution < -0.4 is 5.32 Å². The van der Waals surface area contributed by atoms with Gasteiger partial charge in [0.05, 0.1) is 5.52 Å². The van der Waals surface area contributed by atoms with Gasteiger partial charge in [0, 0.05) is 22.0 Å². The minimum absolute atomic E-state index is 0.800. The molecule has 2 heterocycles. The summed E-state index contributed by atoms with van der Waals surface area (Å²) in [7, 11) is 0. The molecule has 0 aliphatic heterocycles. The number of aromatic nitrogens is 4. The zero-order chi connectivity index (χ0) is 14.8. The third kappa shape index (κ3) is 2.40. The minimum Gasteiger partial charge on any atom is -0.340 e. The second-order valence-corrected chi connectivity index (χ2v) is 5.34. The van der Waals surface area contributed by atoms with Crippen molar-refractivity contribution < 1.29 is 0 Å². The molecule has 0 bridgehead atoms. The van der Waals surface area contributed by atoms with Crippen molar-refractivity contribution in [2.75, 3.05) is 5.32 Å². The van der Waals surface area contributed by atoms with Crippen molar-refractivity contribution in [3.8, 4) is 11.3 Å². The lowest BCUT2D eigenvalue weighted by Gasteiger charge is -2.08. The molecular weight excluding hydrogens is 294 g/mol. The molecule has 0 aliphatic rings. The van der Waals surface area contributed by atoms with Crippen LogP contribution in [0.2, 0.25) is 0 Å². The molecule has 0 spiro atoms. The van der Waals surface area contributed by atoms with Gasteiger partial charge in [-0.15, -0.1) is 5.10 Å². The number of rotatable bonds is 3. The van der Waals surface area contributed by atoms with Crippen LogP contribution in [0.25, 0.3) is 22.2 Å². The Morgan fingerprint density at radius 2 is 1.77 bits per heavy atom. The summed E-state index contributed by atoms with van der Waals surface area (Å²) in [6, 6.07) is 16.0. The van der Waals surface area contributed by atoms with Crippen LogP contribution >= 0.6 is 11.5 Å². The smallest absolute Gasteiger partial charge is 0.141 e. The van der Waals surface area contributed by atoms with E-state index in [-0.39, 0.29) is 0 Å². The molecule has 0 unspecified atom stereocenters. The van der Waals surface area contributed by atoms with Crippen LogP contribution in [0, 0.1) is 0 Å². The Balaban J connectivity index is 1.65. The van der Waals surface area contributed by atoms with E-state index in [9.17, 15) is 0 Å². The summed E-state index contributed by atoms with van der Waals surface area (Å²) in [5.74, 6) is 0.800. The van der Waals surface area contributed by atoms with Gasteiger partial charge in [-0.1, -0.05) is 28.8 Å². The van der Waals surface area contributed by atoms with Crippen molar-refractivity contribution in [2.45, 2.75) is 0 Å². The van der Waals surface area contributed by atoms with Gasteiger partial charge in [-0.05, 0) is 35.8 Å². The van der Waals surface area contributed by atoms with Crippen molar-refractivity contribution in [1.82, 2.24) is 19.6 Å². The Morgan fingerprint density at radius 3 is 2.59 bits per heavy atom. The molecule has 0 saturated carbocycles. The first-order valence-electron chi connectivity index (χ1n) is 6.74. The van der Waals surface area contributed by atoms with E-state index in [1.165, 1.54) is 11.5 Å². The van der Waals surface area contributed by atoms with Crippen molar-refractivity contribution in [3.63, 3.8) is 0 Å². The molecule has 2 aromatic carbocycles. The molecule has 4 rings (SSSR count). The fourth-order valence-corrected chi connectivity index (χ4v) is 2.72. The van der Waals surface area contributed by atoms with Crippen molar-refractivity contribution >= 4 is 33.9 Å². The molecular formula is C16H11N5S. The largest absolute Gasteiger partial charge is 0.340 e. The molecule has 6 heteroatoms. The van der Waals surface area contributed by atoms with Crippen molar-refractivity contribution in [3.05, 3.63) is 60.2 Å². The SMILES string of the molecule is c1ccc2c(Nc3ccc(-c4csnn4)cc3)ncnc2c1. The summed E-state index contributed by atoms with van der Waals surface area (Å²) in [5, 5.41) is 10.3. The van der Waals surface area contributed by atoms with Crippen LogP contribution in [0.1, 0.15) is 0 Å². The molecule has 5 nitrogen and oxygen atoms in total. The second-order valence-electron chi connectivity index (χ2n) is 4.73. The monoisotopic (exact) mass is 305 g/mol. The fourth-order valence-electron chi connectivity index (χ4n) is 2.26. The first-order chi connectivity index (χ1) is 10.9. The quantitative estimate of drug-likeness (QED) is 0.622. The third-order valence-corrected chi connectivity index (χ3v) is 3.85. The number of anilines is 2. The predicted molar refractivity (Wildman–Crippen MR) is 88.2 cm³/mol. The van der Waals surface area contributed by atoms with E-state index in [2.05, 4.69) is 24.9 Å². The molecule has 22 heavy (non-hydrogen) atoms. The summed E-state index contributed by atoms with van der Waals surface area (Å²) in [4.78, 5) is 8.60. The summed E-state index contributed by atoms with van der Waals surface area (Å²) >= 11 is 1.35. The third-order valence-electron chi connectivity index (χ3n) is 3.35. The summed E-state index contributed by atoms with van der Waals surface area (Å²) < 4.78 is 3.88. The zero-order valence-electron chi connectivity index (χ0n) is 11.5. The molecule has 0 amide bonds. The maximum Gasteiger partial charge on any atom is 0.141 e. The molecule has 2 aromatic heterocycles. The fraction of sp³-hybridized carbons (Fsp3) is 0. The normalized spacial score (nSPS) is 10.7. The van der Waals surface area contributed by atoms with Gasteiger partial charge >= 0.3 is 0 Å². The lowest BCUT2D eigenvalue weighted by molar-refractivity contribution is 1.16.